The lowest BCUT2D eigenvalue weighted by atomic mass is 10.1. The molecule has 0 fully saturated rings. The Kier molecular flexibility index (Phi) is 4.81. The second kappa shape index (κ2) is 6.20. The molecule has 0 aliphatic rings. The van der Waals surface area contributed by atoms with E-state index in [1.807, 2.05) is 13.0 Å². The molecule has 2 aromatic rings. The Morgan fingerprint density at radius 2 is 2.00 bits per heavy atom. The molecule has 0 bridgehead atoms. The van der Waals surface area contributed by atoms with Crippen molar-refractivity contribution in [2.45, 2.75) is 13.0 Å². The molecule has 0 aliphatic heterocycles. The number of aromatic nitrogens is 1. The second-order valence-corrected chi connectivity index (χ2v) is 6.10. The standard InChI is InChI=1S/C13H10Br2ClFN2/c1-7(10-3-2-8(17)4-11(10)14)19-9-5-12(15)13(16)18-6-9/h2-7,19H,1H3. The normalized spacial score (nSPS) is 12.3. The van der Waals surface area contributed by atoms with E-state index >= 15 is 0 Å². The van der Waals surface area contributed by atoms with E-state index in [9.17, 15) is 4.39 Å². The molecule has 6 heteroatoms. The van der Waals surface area contributed by atoms with Gasteiger partial charge in [0.25, 0.3) is 0 Å². The predicted molar refractivity (Wildman–Crippen MR) is 83.1 cm³/mol. The molecule has 0 aliphatic carbocycles. The van der Waals surface area contributed by atoms with Gasteiger partial charge in [0.05, 0.1) is 16.4 Å². The summed E-state index contributed by atoms with van der Waals surface area (Å²) in [7, 11) is 0. The summed E-state index contributed by atoms with van der Waals surface area (Å²) in [6.45, 7) is 1.99. The molecular weight excluding hydrogens is 398 g/mol. The fourth-order valence-corrected chi connectivity index (χ4v) is 2.83. The number of rotatable bonds is 3. The number of nitrogens with one attached hydrogen (secondary N) is 1. The second-order valence-electron chi connectivity index (χ2n) is 4.03. The first-order chi connectivity index (χ1) is 8.97. The first kappa shape index (κ1) is 14.8. The molecule has 0 saturated heterocycles. The lowest BCUT2D eigenvalue weighted by Gasteiger charge is -2.17. The number of pyridine rings is 1. The van der Waals surface area contributed by atoms with Gasteiger partial charge in [0.1, 0.15) is 11.0 Å². The third-order valence-corrected chi connectivity index (χ3v) is 4.43. The zero-order valence-corrected chi connectivity index (χ0v) is 13.9. The van der Waals surface area contributed by atoms with Gasteiger partial charge in [-0.25, -0.2) is 9.37 Å². The molecule has 1 atom stereocenters. The molecule has 1 unspecified atom stereocenters. The molecule has 0 radical (unpaired) electrons. The van der Waals surface area contributed by atoms with Crippen molar-refractivity contribution in [3.05, 3.63) is 55.9 Å². The number of hydrogen-bond donors (Lipinski definition) is 1. The van der Waals surface area contributed by atoms with Gasteiger partial charge in [0.15, 0.2) is 0 Å². The van der Waals surface area contributed by atoms with Crippen LogP contribution in [0.2, 0.25) is 5.15 Å². The van der Waals surface area contributed by atoms with Gasteiger partial charge in [0.2, 0.25) is 0 Å². The minimum Gasteiger partial charge on any atom is -0.377 e. The summed E-state index contributed by atoms with van der Waals surface area (Å²) in [6.07, 6.45) is 1.65. The highest BCUT2D eigenvalue weighted by atomic mass is 79.9. The van der Waals surface area contributed by atoms with Crippen LogP contribution in [0, 0.1) is 5.82 Å². The molecule has 2 nitrogen and oxygen atoms in total. The number of benzene rings is 1. The van der Waals surface area contributed by atoms with Crippen LogP contribution >= 0.6 is 43.5 Å². The Bertz CT molecular complexity index is 607. The van der Waals surface area contributed by atoms with E-state index in [1.54, 1.807) is 12.3 Å². The van der Waals surface area contributed by atoms with E-state index in [4.69, 9.17) is 11.6 Å². The van der Waals surface area contributed by atoms with Gasteiger partial charge in [-0.3, -0.25) is 0 Å². The minimum atomic E-state index is -0.265. The van der Waals surface area contributed by atoms with Crippen LogP contribution in [0.25, 0.3) is 0 Å². The monoisotopic (exact) mass is 406 g/mol. The Labute approximate surface area is 132 Å². The summed E-state index contributed by atoms with van der Waals surface area (Å²) in [4.78, 5) is 4.05. The van der Waals surface area contributed by atoms with E-state index in [1.165, 1.54) is 12.1 Å². The molecule has 1 N–H and O–H groups in total. The van der Waals surface area contributed by atoms with Crippen LogP contribution in [0.15, 0.2) is 39.4 Å². The third kappa shape index (κ3) is 3.68. The number of halogens is 4. The van der Waals surface area contributed by atoms with Crippen LogP contribution in [0.3, 0.4) is 0 Å². The fourth-order valence-electron chi connectivity index (χ4n) is 1.68. The van der Waals surface area contributed by atoms with E-state index in [0.717, 1.165) is 20.2 Å². The summed E-state index contributed by atoms with van der Waals surface area (Å²) in [5.41, 5.74) is 1.80. The summed E-state index contributed by atoms with van der Waals surface area (Å²) in [6, 6.07) is 6.49. The zero-order chi connectivity index (χ0) is 14.0. The van der Waals surface area contributed by atoms with Crippen molar-refractivity contribution in [2.24, 2.45) is 0 Å². The van der Waals surface area contributed by atoms with Crippen molar-refractivity contribution < 1.29 is 4.39 Å². The average molecular weight is 408 g/mol. The highest BCUT2D eigenvalue weighted by Crippen LogP contribution is 2.29. The smallest absolute Gasteiger partial charge is 0.143 e. The average Bonchev–Trinajstić information content (AvgIpc) is 2.33. The molecule has 1 aromatic heterocycles. The molecule has 1 aromatic carbocycles. The van der Waals surface area contributed by atoms with Gasteiger partial charge in [-0.2, -0.15) is 0 Å². The van der Waals surface area contributed by atoms with Crippen molar-refractivity contribution in [1.29, 1.82) is 0 Å². The van der Waals surface area contributed by atoms with Gasteiger partial charge in [0, 0.05) is 10.5 Å². The highest BCUT2D eigenvalue weighted by molar-refractivity contribution is 9.10. The fraction of sp³-hybridized carbons (Fsp3) is 0.154. The number of nitrogens with zero attached hydrogens (tertiary/aromatic N) is 1. The van der Waals surface area contributed by atoms with Crippen LogP contribution in [0.4, 0.5) is 10.1 Å². The van der Waals surface area contributed by atoms with Crippen molar-refractivity contribution in [3.63, 3.8) is 0 Å². The highest BCUT2D eigenvalue weighted by Gasteiger charge is 2.11. The van der Waals surface area contributed by atoms with Gasteiger partial charge < -0.3 is 5.32 Å². The van der Waals surface area contributed by atoms with Crippen molar-refractivity contribution in [3.8, 4) is 0 Å². The Balaban J connectivity index is 2.20. The van der Waals surface area contributed by atoms with Gasteiger partial charge in [-0.15, -0.1) is 0 Å². The van der Waals surface area contributed by atoms with Crippen LogP contribution in [0.5, 0.6) is 0 Å². The van der Waals surface area contributed by atoms with E-state index in [0.29, 0.717) is 5.15 Å². The summed E-state index contributed by atoms with van der Waals surface area (Å²) in [5.74, 6) is -0.265. The molecule has 2 rings (SSSR count). The maximum Gasteiger partial charge on any atom is 0.143 e. The third-order valence-electron chi connectivity index (χ3n) is 2.61. The van der Waals surface area contributed by atoms with Gasteiger partial charge >= 0.3 is 0 Å². The van der Waals surface area contributed by atoms with Crippen LogP contribution in [0.1, 0.15) is 18.5 Å². The van der Waals surface area contributed by atoms with Crippen LogP contribution in [-0.4, -0.2) is 4.98 Å². The molecule has 0 spiro atoms. The molecule has 100 valence electrons. The van der Waals surface area contributed by atoms with E-state index in [2.05, 4.69) is 42.2 Å². The lowest BCUT2D eigenvalue weighted by molar-refractivity contribution is 0.625. The summed E-state index contributed by atoms with van der Waals surface area (Å²) < 4.78 is 14.5. The zero-order valence-electron chi connectivity index (χ0n) is 9.92. The quantitative estimate of drug-likeness (QED) is 0.672. The number of hydrogen-bond acceptors (Lipinski definition) is 2. The first-order valence-electron chi connectivity index (χ1n) is 5.50. The minimum absolute atomic E-state index is 0.00449. The van der Waals surface area contributed by atoms with Crippen LogP contribution in [-0.2, 0) is 0 Å². The lowest BCUT2D eigenvalue weighted by Crippen LogP contribution is -2.07. The van der Waals surface area contributed by atoms with Crippen molar-refractivity contribution in [1.82, 2.24) is 4.98 Å². The molecule has 19 heavy (non-hydrogen) atoms. The van der Waals surface area contributed by atoms with Crippen molar-refractivity contribution in [2.75, 3.05) is 5.32 Å². The Morgan fingerprint density at radius 3 is 2.63 bits per heavy atom. The van der Waals surface area contributed by atoms with Crippen molar-refractivity contribution >= 4 is 49.1 Å². The number of anilines is 1. The van der Waals surface area contributed by atoms with Gasteiger partial charge in [-0.1, -0.05) is 33.6 Å². The summed E-state index contributed by atoms with van der Waals surface area (Å²) in [5, 5.41) is 3.70. The Hall–Kier alpha value is -0.650. The largest absolute Gasteiger partial charge is 0.377 e. The molecule has 0 saturated carbocycles. The maximum atomic E-state index is 13.1. The first-order valence-corrected chi connectivity index (χ1v) is 7.46. The molecule has 0 amide bonds. The topological polar surface area (TPSA) is 24.9 Å². The maximum absolute atomic E-state index is 13.1. The van der Waals surface area contributed by atoms with Gasteiger partial charge in [-0.05, 0) is 46.6 Å². The SMILES string of the molecule is CC(Nc1cnc(Cl)c(Br)c1)c1ccc(F)cc1Br. The summed E-state index contributed by atoms with van der Waals surface area (Å²) >= 11 is 12.5. The Morgan fingerprint density at radius 1 is 1.26 bits per heavy atom. The molecule has 1 heterocycles. The van der Waals surface area contributed by atoms with Crippen LogP contribution < -0.4 is 5.32 Å². The predicted octanol–water partition coefficient (Wildman–Crippen LogP) is 5.57. The van der Waals surface area contributed by atoms with E-state index in [-0.39, 0.29) is 11.9 Å². The molecular formula is C13H10Br2ClFN2. The van der Waals surface area contributed by atoms with E-state index < -0.39 is 0 Å².